The normalized spacial score (nSPS) is 11.8. The number of hydrogen-bond acceptors (Lipinski definition) is 5. The van der Waals surface area contributed by atoms with E-state index in [0.29, 0.717) is 19.0 Å². The van der Waals surface area contributed by atoms with Crippen LogP contribution in [0, 0.1) is 0 Å². The smallest absolute Gasteiger partial charge is 0.191 e. The Morgan fingerprint density at radius 3 is 2.76 bits per heavy atom. The van der Waals surface area contributed by atoms with Gasteiger partial charge in [-0.15, -0.1) is 0 Å². The van der Waals surface area contributed by atoms with Crippen LogP contribution in [0.2, 0.25) is 0 Å². The van der Waals surface area contributed by atoms with Crippen molar-refractivity contribution in [1.82, 2.24) is 30.3 Å². The van der Waals surface area contributed by atoms with Gasteiger partial charge < -0.3 is 15.2 Å². The second kappa shape index (κ2) is 10.4. The average Bonchev–Trinajstić information content (AvgIpc) is 3.44. The van der Waals surface area contributed by atoms with Crippen LogP contribution in [0.15, 0.2) is 52.6 Å². The fourth-order valence-electron chi connectivity index (χ4n) is 3.09. The van der Waals surface area contributed by atoms with Crippen LogP contribution in [0.5, 0.6) is 0 Å². The first kappa shape index (κ1) is 20.6. The predicted octanol–water partition coefficient (Wildman–Crippen LogP) is 3.41. The maximum Gasteiger partial charge on any atom is 0.191 e. The van der Waals surface area contributed by atoms with E-state index in [-0.39, 0.29) is 0 Å². The number of aromatic nitrogens is 4. The highest BCUT2D eigenvalue weighted by Crippen LogP contribution is 2.22. The van der Waals surface area contributed by atoms with Gasteiger partial charge in [-0.05, 0) is 37.5 Å². The molecule has 0 saturated carbocycles. The molecule has 0 aromatic carbocycles. The van der Waals surface area contributed by atoms with E-state index in [1.807, 2.05) is 35.9 Å². The van der Waals surface area contributed by atoms with Gasteiger partial charge in [0, 0.05) is 37.1 Å². The Morgan fingerprint density at radius 1 is 1.17 bits per heavy atom. The van der Waals surface area contributed by atoms with Crippen LogP contribution in [-0.2, 0) is 13.1 Å². The zero-order valence-electron chi connectivity index (χ0n) is 17.3. The monoisotopic (exact) mass is 395 g/mol. The molecule has 0 amide bonds. The van der Waals surface area contributed by atoms with Gasteiger partial charge in [0.05, 0.1) is 18.8 Å². The minimum atomic E-state index is 0.450. The lowest BCUT2D eigenvalue weighted by Crippen LogP contribution is -2.36. The summed E-state index contributed by atoms with van der Waals surface area (Å²) >= 11 is 0. The molecule has 8 nitrogen and oxygen atoms in total. The third-order valence-corrected chi connectivity index (χ3v) is 4.75. The highest BCUT2D eigenvalue weighted by molar-refractivity contribution is 5.79. The van der Waals surface area contributed by atoms with E-state index in [4.69, 9.17) is 4.52 Å². The Kier molecular flexibility index (Phi) is 7.38. The van der Waals surface area contributed by atoms with E-state index in [1.54, 1.807) is 18.7 Å². The highest BCUT2D eigenvalue weighted by Gasteiger charge is 2.13. The molecule has 0 bridgehead atoms. The summed E-state index contributed by atoms with van der Waals surface area (Å²) in [5.41, 5.74) is 2.09. The Bertz CT molecular complexity index is 897. The van der Waals surface area contributed by atoms with Gasteiger partial charge in [0.1, 0.15) is 12.1 Å². The van der Waals surface area contributed by atoms with E-state index in [0.717, 1.165) is 48.2 Å². The van der Waals surface area contributed by atoms with Gasteiger partial charge in [0.2, 0.25) is 0 Å². The predicted molar refractivity (Wildman–Crippen MR) is 113 cm³/mol. The van der Waals surface area contributed by atoms with Gasteiger partial charge in [-0.2, -0.15) is 0 Å². The minimum absolute atomic E-state index is 0.450. The third kappa shape index (κ3) is 5.66. The molecule has 2 N–H and O–H groups in total. The topological polar surface area (TPSA) is 93.2 Å². The first-order chi connectivity index (χ1) is 14.2. The number of rotatable bonds is 9. The quantitative estimate of drug-likeness (QED) is 0.426. The van der Waals surface area contributed by atoms with Crippen molar-refractivity contribution in [2.45, 2.75) is 52.6 Å². The molecule has 3 rings (SSSR count). The van der Waals surface area contributed by atoms with E-state index in [9.17, 15) is 0 Å². The van der Waals surface area contributed by atoms with Crippen LogP contribution < -0.4 is 10.6 Å². The van der Waals surface area contributed by atoms with Crippen molar-refractivity contribution < 1.29 is 4.52 Å². The van der Waals surface area contributed by atoms with Crippen LogP contribution in [-0.4, -0.2) is 32.2 Å². The van der Waals surface area contributed by atoms with Crippen LogP contribution in [0.1, 0.15) is 56.5 Å². The zero-order chi connectivity index (χ0) is 20.5. The molecule has 0 aliphatic heterocycles. The summed E-state index contributed by atoms with van der Waals surface area (Å²) < 4.78 is 7.36. The lowest BCUT2D eigenvalue weighted by Gasteiger charge is -2.10. The van der Waals surface area contributed by atoms with Crippen molar-refractivity contribution in [1.29, 1.82) is 0 Å². The molecule has 0 fully saturated rings. The molecule has 29 heavy (non-hydrogen) atoms. The van der Waals surface area contributed by atoms with Gasteiger partial charge >= 0.3 is 0 Å². The average molecular weight is 396 g/mol. The first-order valence-corrected chi connectivity index (χ1v) is 10.1. The van der Waals surface area contributed by atoms with Crippen molar-refractivity contribution >= 4 is 5.96 Å². The Morgan fingerprint density at radius 2 is 2.03 bits per heavy atom. The molecule has 3 aromatic heterocycles. The minimum Gasteiger partial charge on any atom is -0.359 e. The second-order valence-electron chi connectivity index (χ2n) is 6.77. The Labute approximate surface area is 171 Å². The molecule has 8 heteroatoms. The van der Waals surface area contributed by atoms with Crippen molar-refractivity contribution in [2.24, 2.45) is 4.99 Å². The van der Waals surface area contributed by atoms with Gasteiger partial charge in [-0.3, -0.25) is 4.57 Å². The SMILES string of the molecule is CCNC(=NCc1ccnc(-n2ccnc2)c1)NCc1cc(C(CC)CC)no1. The number of guanidine groups is 1. The van der Waals surface area contributed by atoms with Crippen LogP contribution >= 0.6 is 0 Å². The number of hydrogen-bond donors (Lipinski definition) is 2. The standard InChI is InChI=1S/C21H29N7O/c1-4-17(5-2)19-12-18(29-27-19)14-26-21(23-6-3)25-13-16-7-8-24-20(11-16)28-10-9-22-15-28/h7-12,15,17H,4-6,13-14H2,1-3H3,(H2,23,25,26). The molecule has 0 saturated heterocycles. The molecule has 0 atom stereocenters. The van der Waals surface area contributed by atoms with Crippen LogP contribution in [0.25, 0.3) is 5.82 Å². The third-order valence-electron chi connectivity index (χ3n) is 4.75. The summed E-state index contributed by atoms with van der Waals surface area (Å²) in [6.45, 7) is 8.24. The lowest BCUT2D eigenvalue weighted by molar-refractivity contribution is 0.368. The number of imidazole rings is 1. The summed E-state index contributed by atoms with van der Waals surface area (Å²) in [5.74, 6) is 2.81. The summed E-state index contributed by atoms with van der Waals surface area (Å²) in [7, 11) is 0. The Hall–Kier alpha value is -3.16. The molecule has 3 aromatic rings. The van der Waals surface area contributed by atoms with Gasteiger partial charge in [-0.25, -0.2) is 15.0 Å². The van der Waals surface area contributed by atoms with Crippen molar-refractivity contribution in [3.05, 3.63) is 60.1 Å². The summed E-state index contributed by atoms with van der Waals surface area (Å²) in [5, 5.41) is 10.8. The fraction of sp³-hybridized carbons (Fsp3) is 0.429. The summed E-state index contributed by atoms with van der Waals surface area (Å²) in [6.07, 6.45) is 9.24. The maximum absolute atomic E-state index is 5.49. The van der Waals surface area contributed by atoms with Crippen molar-refractivity contribution in [3.63, 3.8) is 0 Å². The number of aliphatic imine (C=N–C) groups is 1. The highest BCUT2D eigenvalue weighted by atomic mass is 16.5. The van der Waals surface area contributed by atoms with Crippen molar-refractivity contribution in [3.8, 4) is 5.82 Å². The van der Waals surface area contributed by atoms with Gasteiger partial charge in [0.15, 0.2) is 11.7 Å². The number of nitrogens with zero attached hydrogens (tertiary/aromatic N) is 5. The van der Waals surface area contributed by atoms with Gasteiger partial charge in [-0.1, -0.05) is 19.0 Å². The van der Waals surface area contributed by atoms with E-state index in [1.165, 1.54) is 0 Å². The second-order valence-corrected chi connectivity index (χ2v) is 6.77. The molecule has 0 unspecified atom stereocenters. The molecule has 3 heterocycles. The largest absolute Gasteiger partial charge is 0.359 e. The van der Waals surface area contributed by atoms with Gasteiger partial charge in [0.25, 0.3) is 0 Å². The van der Waals surface area contributed by atoms with Crippen LogP contribution in [0.4, 0.5) is 0 Å². The zero-order valence-corrected chi connectivity index (χ0v) is 17.3. The van der Waals surface area contributed by atoms with E-state index < -0.39 is 0 Å². The molecule has 0 aliphatic carbocycles. The molecule has 0 radical (unpaired) electrons. The van der Waals surface area contributed by atoms with Crippen molar-refractivity contribution in [2.75, 3.05) is 6.54 Å². The first-order valence-electron chi connectivity index (χ1n) is 10.1. The number of pyridine rings is 1. The number of nitrogens with one attached hydrogen (secondary N) is 2. The van der Waals surface area contributed by atoms with Crippen LogP contribution in [0.3, 0.4) is 0 Å². The molecule has 154 valence electrons. The van der Waals surface area contributed by atoms with E-state index in [2.05, 4.69) is 44.6 Å². The molecule has 0 spiro atoms. The Balaban J connectivity index is 1.62. The molecule has 0 aliphatic rings. The summed E-state index contributed by atoms with van der Waals surface area (Å²) in [4.78, 5) is 13.1. The van der Waals surface area contributed by atoms with E-state index >= 15 is 0 Å². The fourth-order valence-corrected chi connectivity index (χ4v) is 3.09. The lowest BCUT2D eigenvalue weighted by atomic mass is 9.99. The maximum atomic E-state index is 5.49. The summed E-state index contributed by atoms with van der Waals surface area (Å²) in [6, 6.07) is 6.01. The molecular weight excluding hydrogens is 366 g/mol. The molecular formula is C21H29N7O.